The van der Waals surface area contributed by atoms with E-state index in [4.69, 9.17) is 28.5 Å². The summed E-state index contributed by atoms with van der Waals surface area (Å²) in [6.07, 6.45) is -0.401. The maximum absolute atomic E-state index is 13.3. The number of carbonyl (C=O) groups excluding carboxylic acids is 1. The van der Waals surface area contributed by atoms with Crippen LogP contribution in [0.3, 0.4) is 0 Å². The molecule has 14 nitrogen and oxygen atoms in total. The van der Waals surface area contributed by atoms with Crippen molar-refractivity contribution < 1.29 is 53.7 Å². The van der Waals surface area contributed by atoms with Crippen LogP contribution in [0.15, 0.2) is 29.7 Å². The van der Waals surface area contributed by atoms with Gasteiger partial charge in [-0.15, -0.1) is 0 Å². The van der Waals surface area contributed by atoms with Crippen molar-refractivity contribution >= 4 is 11.7 Å². The van der Waals surface area contributed by atoms with Gasteiger partial charge in [0, 0.05) is 43.3 Å². The fourth-order valence-corrected chi connectivity index (χ4v) is 7.68. The number of rotatable bonds is 24. The molecule has 312 valence electrons. The van der Waals surface area contributed by atoms with E-state index in [1.807, 2.05) is 60.5 Å². The minimum atomic E-state index is -1.65. The summed E-state index contributed by atoms with van der Waals surface area (Å²) >= 11 is 0. The number of oxime groups is 1. The number of likely N-dealkylation sites (N-methyl/N-ethyl adjacent to an activating group) is 1. The minimum Gasteiger partial charge on any atom is -0.461 e. The van der Waals surface area contributed by atoms with Gasteiger partial charge >= 0.3 is 5.97 Å². The lowest BCUT2D eigenvalue weighted by atomic mass is 9.74. The van der Waals surface area contributed by atoms with Crippen molar-refractivity contribution in [2.24, 2.45) is 28.8 Å². The van der Waals surface area contributed by atoms with Crippen molar-refractivity contribution in [2.45, 2.75) is 148 Å². The van der Waals surface area contributed by atoms with Crippen LogP contribution in [0.4, 0.5) is 0 Å². The Morgan fingerprint density at radius 2 is 1.81 bits per heavy atom. The van der Waals surface area contributed by atoms with Crippen molar-refractivity contribution in [3.8, 4) is 0 Å². The predicted molar refractivity (Wildman–Crippen MR) is 205 cm³/mol. The number of aliphatic hydroxyl groups excluding tert-OH is 2. The zero-order chi connectivity index (χ0) is 40.8. The Bertz CT molecular complexity index is 1250. The summed E-state index contributed by atoms with van der Waals surface area (Å²) in [4.78, 5) is 24.9. The molecule has 8 unspecified atom stereocenters. The van der Waals surface area contributed by atoms with Gasteiger partial charge in [0.25, 0.3) is 0 Å². The number of nitrogens with zero attached hydrogens (tertiary/aromatic N) is 3. The van der Waals surface area contributed by atoms with Crippen molar-refractivity contribution in [3.63, 3.8) is 0 Å². The van der Waals surface area contributed by atoms with Gasteiger partial charge in [0.15, 0.2) is 6.29 Å². The van der Waals surface area contributed by atoms with Gasteiger partial charge in [0.1, 0.15) is 12.2 Å². The van der Waals surface area contributed by atoms with Crippen LogP contribution in [0.1, 0.15) is 93.6 Å². The molecule has 1 aliphatic rings. The maximum atomic E-state index is 13.3. The molecule has 1 saturated heterocycles. The first kappa shape index (κ1) is 47.9. The Balaban J connectivity index is 2.54. The summed E-state index contributed by atoms with van der Waals surface area (Å²) in [5, 5.41) is 51.1. The number of aromatic nitrogens is 1. The summed E-state index contributed by atoms with van der Waals surface area (Å²) in [6, 6.07) is 3.29. The van der Waals surface area contributed by atoms with Crippen LogP contribution < -0.4 is 0 Å². The van der Waals surface area contributed by atoms with Gasteiger partial charge in [-0.25, -0.2) is 0 Å². The van der Waals surface area contributed by atoms with Crippen molar-refractivity contribution in [1.29, 1.82) is 0 Å². The van der Waals surface area contributed by atoms with E-state index >= 15 is 0 Å². The van der Waals surface area contributed by atoms with E-state index in [0.29, 0.717) is 37.1 Å². The van der Waals surface area contributed by atoms with Gasteiger partial charge in [0.05, 0.1) is 54.9 Å². The molecular weight excluding hydrogens is 698 g/mol. The molecule has 2 heterocycles. The normalized spacial score (nSPS) is 25.3. The number of hydrogen-bond acceptors (Lipinski definition) is 14. The van der Waals surface area contributed by atoms with E-state index in [9.17, 15) is 25.2 Å². The number of carbonyl (C=O) groups is 1. The Hall–Kier alpha value is -2.27. The molecule has 54 heavy (non-hydrogen) atoms. The largest absolute Gasteiger partial charge is 0.461 e. The van der Waals surface area contributed by atoms with Gasteiger partial charge in [-0.05, 0) is 71.7 Å². The van der Waals surface area contributed by atoms with E-state index in [0.717, 1.165) is 0 Å². The number of esters is 1. The second-order valence-electron chi connectivity index (χ2n) is 16.2. The average molecular weight is 770 g/mol. The maximum Gasteiger partial charge on any atom is 0.310 e. The summed E-state index contributed by atoms with van der Waals surface area (Å²) in [6.45, 7) is 16.9. The number of aliphatic hydroxyl groups is 4. The lowest BCUT2D eigenvalue weighted by Crippen LogP contribution is -2.59. The standard InChI is InChI=1S/C40H71N3O11/c1-13-16-39(8,47)36(46)28(6)33(42-51-24-50-19-18-49-12)26(4)22-40(9,48)37(54-38-34(45)31(43(10)11)20-27(5)52-38)29(7)35(25(2)3)53-32(44)21-30-15-14-17-41-23-30/h14-15,17,23,25-29,31,34-38,45-48H,13,16,18-22,24H2,1-12H3/t26?,27-,28?,29?,31+,34-,35?,36?,37?,38+,39?,40?/m1/s1. The van der Waals surface area contributed by atoms with Crippen molar-refractivity contribution in [3.05, 3.63) is 30.1 Å². The molecule has 0 saturated carbocycles. The Morgan fingerprint density at radius 3 is 2.39 bits per heavy atom. The molecule has 4 N–H and O–H groups in total. The molecule has 2 rings (SSSR count). The van der Waals surface area contributed by atoms with Gasteiger partial charge < -0.3 is 53.8 Å². The zero-order valence-corrected chi connectivity index (χ0v) is 34.8. The second kappa shape index (κ2) is 22.5. The highest BCUT2D eigenvalue weighted by atomic mass is 16.7. The summed E-state index contributed by atoms with van der Waals surface area (Å²) in [5.74, 6) is -2.44. The third-order valence-electron chi connectivity index (χ3n) is 10.5. The lowest BCUT2D eigenvalue weighted by molar-refractivity contribution is -0.299. The van der Waals surface area contributed by atoms with Crippen molar-refractivity contribution in [1.82, 2.24) is 9.88 Å². The highest BCUT2D eigenvalue weighted by Crippen LogP contribution is 2.37. The van der Waals surface area contributed by atoms with Crippen LogP contribution in [0.25, 0.3) is 0 Å². The molecule has 0 bridgehead atoms. The second-order valence-corrected chi connectivity index (χ2v) is 16.2. The third kappa shape index (κ3) is 14.3. The van der Waals surface area contributed by atoms with Crippen molar-refractivity contribution in [2.75, 3.05) is 41.2 Å². The lowest BCUT2D eigenvalue weighted by Gasteiger charge is -2.47. The predicted octanol–water partition coefficient (Wildman–Crippen LogP) is 3.96. The summed E-state index contributed by atoms with van der Waals surface area (Å²) < 4.78 is 29.5. The van der Waals surface area contributed by atoms with Gasteiger partial charge in [-0.3, -0.25) is 9.78 Å². The van der Waals surface area contributed by atoms with E-state index in [2.05, 4.69) is 10.1 Å². The number of hydrogen-bond donors (Lipinski definition) is 4. The van der Waals surface area contributed by atoms with Gasteiger partial charge in [-0.2, -0.15) is 0 Å². The topological polar surface area (TPSA) is 182 Å². The molecule has 0 aromatic carbocycles. The summed E-state index contributed by atoms with van der Waals surface area (Å²) in [7, 11) is 5.34. The summed E-state index contributed by atoms with van der Waals surface area (Å²) in [5.41, 5.74) is -1.95. The van der Waals surface area contributed by atoms with E-state index in [1.165, 1.54) is 0 Å². The molecular formula is C40H71N3O11. The Kier molecular flexibility index (Phi) is 19.9. The molecule has 1 aliphatic heterocycles. The van der Waals surface area contributed by atoms with Crippen LogP contribution in [-0.2, 0) is 39.7 Å². The molecule has 1 fully saturated rings. The van der Waals surface area contributed by atoms with Crippen LogP contribution in [0, 0.1) is 23.7 Å². The molecule has 0 amide bonds. The quantitative estimate of drug-likeness (QED) is 0.0391. The first-order chi connectivity index (χ1) is 25.3. The van der Waals surface area contributed by atoms with E-state index in [-0.39, 0.29) is 44.3 Å². The van der Waals surface area contributed by atoms with E-state index < -0.39 is 65.6 Å². The highest BCUT2D eigenvalue weighted by molar-refractivity contribution is 5.88. The molecule has 0 spiro atoms. The Morgan fingerprint density at radius 1 is 1.13 bits per heavy atom. The fourth-order valence-electron chi connectivity index (χ4n) is 7.68. The number of ether oxygens (including phenoxy) is 5. The first-order valence-electron chi connectivity index (χ1n) is 19.4. The number of methoxy groups -OCH3 is 1. The number of pyridine rings is 1. The Labute approximate surface area is 323 Å². The fraction of sp³-hybridized carbons (Fsp3) is 0.825. The molecule has 0 aliphatic carbocycles. The van der Waals surface area contributed by atoms with Crippen LogP contribution in [0.5, 0.6) is 0 Å². The van der Waals surface area contributed by atoms with Gasteiger partial charge in [-0.1, -0.05) is 59.2 Å². The SMILES string of the molecule is CCCC(C)(O)C(O)C(C)C(=NOCOCCOC)C(C)CC(C)(O)C(O[C@@H]1O[C@H](C)C[C@H](N(C)C)[C@H]1O)C(C)C(OC(=O)Cc1cccnc1)C(C)C. The third-order valence-corrected chi connectivity index (χ3v) is 10.5. The minimum absolute atomic E-state index is 0.0201. The van der Waals surface area contributed by atoms with E-state index in [1.54, 1.807) is 52.4 Å². The van der Waals surface area contributed by atoms with Gasteiger partial charge in [0.2, 0.25) is 6.79 Å². The smallest absolute Gasteiger partial charge is 0.310 e. The average Bonchev–Trinajstić information content (AvgIpc) is 3.09. The van der Waals surface area contributed by atoms with Crippen LogP contribution >= 0.6 is 0 Å². The van der Waals surface area contributed by atoms with Crippen LogP contribution in [-0.4, -0.2) is 137 Å². The molecule has 12 atom stereocenters. The molecule has 1 aromatic rings. The monoisotopic (exact) mass is 770 g/mol. The molecule has 0 radical (unpaired) electrons. The first-order valence-corrected chi connectivity index (χ1v) is 19.4. The molecule has 1 aromatic heterocycles. The molecule has 14 heteroatoms. The van der Waals surface area contributed by atoms with Crippen LogP contribution in [0.2, 0.25) is 0 Å². The zero-order valence-electron chi connectivity index (χ0n) is 34.8. The highest BCUT2D eigenvalue weighted by Gasteiger charge is 2.48.